The number of hydrogen-bond donors (Lipinski definition) is 2. The molecule has 21 heavy (non-hydrogen) atoms. The van der Waals surface area contributed by atoms with Crippen LogP contribution in [-0.4, -0.2) is 22.6 Å². The Morgan fingerprint density at radius 1 is 1.24 bits per heavy atom. The van der Waals surface area contributed by atoms with Crippen molar-refractivity contribution in [1.29, 1.82) is 0 Å². The molecule has 1 heterocycles. The minimum absolute atomic E-state index is 0.155. The first-order valence-electron chi connectivity index (χ1n) is 6.88. The van der Waals surface area contributed by atoms with E-state index in [4.69, 9.17) is 16.3 Å². The van der Waals surface area contributed by atoms with Crippen molar-refractivity contribution in [1.82, 2.24) is 9.97 Å². The zero-order valence-electron chi connectivity index (χ0n) is 12.4. The van der Waals surface area contributed by atoms with Gasteiger partial charge in [0.2, 0.25) is 5.95 Å². The van der Waals surface area contributed by atoms with E-state index < -0.39 is 0 Å². The summed E-state index contributed by atoms with van der Waals surface area (Å²) in [5.74, 6) is 1.95. The molecule has 0 aliphatic heterocycles. The van der Waals surface area contributed by atoms with Crippen molar-refractivity contribution in [3.8, 4) is 5.75 Å². The van der Waals surface area contributed by atoms with Gasteiger partial charge in [-0.15, -0.1) is 0 Å². The molecule has 0 saturated heterocycles. The number of halogens is 1. The molecule has 0 aliphatic rings. The Hall–Kier alpha value is -2.01. The van der Waals surface area contributed by atoms with Crippen LogP contribution in [0.1, 0.15) is 20.8 Å². The molecule has 112 valence electrons. The number of hydrogen-bond acceptors (Lipinski definition) is 5. The molecule has 2 aromatic rings. The molecule has 2 N–H and O–H groups in total. The van der Waals surface area contributed by atoms with Crippen LogP contribution in [0.3, 0.4) is 0 Å². The molecule has 2 rings (SSSR count). The van der Waals surface area contributed by atoms with Crippen molar-refractivity contribution >= 4 is 29.1 Å². The predicted octanol–water partition coefficient (Wildman–Crippen LogP) is 4.09. The summed E-state index contributed by atoms with van der Waals surface area (Å²) < 4.78 is 5.60. The Morgan fingerprint density at radius 2 is 1.95 bits per heavy atom. The molecule has 5 nitrogen and oxygen atoms in total. The second kappa shape index (κ2) is 7.13. The quantitative estimate of drug-likeness (QED) is 0.841. The Bertz CT molecular complexity index is 587. The van der Waals surface area contributed by atoms with Crippen LogP contribution in [0.2, 0.25) is 5.02 Å². The summed E-state index contributed by atoms with van der Waals surface area (Å²) in [5, 5.41) is 6.70. The number of anilines is 3. The van der Waals surface area contributed by atoms with Gasteiger partial charge < -0.3 is 15.4 Å². The van der Waals surface area contributed by atoms with Gasteiger partial charge in [-0.25, -0.2) is 4.98 Å². The standard InChI is InChI=1S/C15H19ClN4O/c1-4-17-15-18-9-13(16)14(20-15)19-11-5-7-12(8-6-11)21-10(2)3/h5-10H,4H2,1-3H3,(H2,17,18,19,20). The van der Waals surface area contributed by atoms with E-state index in [1.807, 2.05) is 45.0 Å². The molecule has 0 amide bonds. The molecule has 6 heteroatoms. The Balaban J connectivity index is 2.12. The molecule has 0 radical (unpaired) electrons. The van der Waals surface area contributed by atoms with Gasteiger partial charge in [-0.1, -0.05) is 11.6 Å². The highest BCUT2D eigenvalue weighted by molar-refractivity contribution is 6.32. The molecule has 0 bridgehead atoms. The first-order valence-corrected chi connectivity index (χ1v) is 7.26. The molecule has 0 unspecified atom stereocenters. The Labute approximate surface area is 129 Å². The van der Waals surface area contributed by atoms with Crippen LogP contribution in [0.4, 0.5) is 17.5 Å². The van der Waals surface area contributed by atoms with Crippen molar-refractivity contribution in [2.24, 2.45) is 0 Å². The number of nitrogens with one attached hydrogen (secondary N) is 2. The van der Waals surface area contributed by atoms with Crippen molar-refractivity contribution < 1.29 is 4.74 Å². The third-order valence-electron chi connectivity index (χ3n) is 2.57. The topological polar surface area (TPSA) is 59.1 Å². The van der Waals surface area contributed by atoms with Crippen LogP contribution in [0.5, 0.6) is 5.75 Å². The zero-order chi connectivity index (χ0) is 15.2. The van der Waals surface area contributed by atoms with E-state index in [1.54, 1.807) is 6.20 Å². The highest BCUT2D eigenvalue weighted by Gasteiger charge is 2.06. The van der Waals surface area contributed by atoms with Crippen molar-refractivity contribution in [2.45, 2.75) is 26.9 Å². The van der Waals surface area contributed by atoms with Crippen LogP contribution in [0.25, 0.3) is 0 Å². The lowest BCUT2D eigenvalue weighted by atomic mass is 10.3. The van der Waals surface area contributed by atoms with E-state index in [-0.39, 0.29) is 6.10 Å². The summed E-state index contributed by atoms with van der Waals surface area (Å²) in [7, 11) is 0. The van der Waals surface area contributed by atoms with Gasteiger partial charge in [0.25, 0.3) is 0 Å². The molecule has 0 atom stereocenters. The summed E-state index contributed by atoms with van der Waals surface area (Å²) in [6.45, 7) is 6.73. The summed E-state index contributed by atoms with van der Waals surface area (Å²) in [6.07, 6.45) is 1.73. The van der Waals surface area contributed by atoms with Gasteiger partial charge >= 0.3 is 0 Å². The predicted molar refractivity (Wildman–Crippen MR) is 86.7 cm³/mol. The van der Waals surface area contributed by atoms with E-state index in [9.17, 15) is 0 Å². The summed E-state index contributed by atoms with van der Waals surface area (Å²) >= 11 is 6.11. The third-order valence-corrected chi connectivity index (χ3v) is 2.84. The summed E-state index contributed by atoms with van der Waals surface area (Å²) in [4.78, 5) is 8.43. The largest absolute Gasteiger partial charge is 0.491 e. The summed E-state index contributed by atoms with van der Waals surface area (Å²) in [6, 6.07) is 7.65. The van der Waals surface area contributed by atoms with Gasteiger partial charge in [0.15, 0.2) is 5.82 Å². The number of rotatable bonds is 6. The van der Waals surface area contributed by atoms with E-state index in [0.717, 1.165) is 18.0 Å². The van der Waals surface area contributed by atoms with Crippen molar-refractivity contribution in [3.63, 3.8) is 0 Å². The smallest absolute Gasteiger partial charge is 0.224 e. The normalized spacial score (nSPS) is 10.5. The highest BCUT2D eigenvalue weighted by atomic mass is 35.5. The first kappa shape index (κ1) is 15.4. The second-order valence-electron chi connectivity index (χ2n) is 4.74. The minimum Gasteiger partial charge on any atom is -0.491 e. The van der Waals surface area contributed by atoms with E-state index in [0.29, 0.717) is 16.8 Å². The lowest BCUT2D eigenvalue weighted by molar-refractivity contribution is 0.242. The van der Waals surface area contributed by atoms with Crippen LogP contribution >= 0.6 is 11.6 Å². The molecule has 1 aromatic heterocycles. The number of aromatic nitrogens is 2. The van der Waals surface area contributed by atoms with E-state index in [1.165, 1.54) is 0 Å². The maximum absolute atomic E-state index is 6.11. The van der Waals surface area contributed by atoms with Crippen molar-refractivity contribution in [2.75, 3.05) is 17.2 Å². The molecular formula is C15H19ClN4O. The summed E-state index contributed by atoms with van der Waals surface area (Å²) in [5.41, 5.74) is 0.883. The number of benzene rings is 1. The number of nitrogens with zero attached hydrogens (tertiary/aromatic N) is 2. The number of ether oxygens (including phenoxy) is 1. The fourth-order valence-electron chi connectivity index (χ4n) is 1.72. The van der Waals surface area contributed by atoms with Gasteiger partial charge in [-0.05, 0) is 45.0 Å². The van der Waals surface area contributed by atoms with Gasteiger partial charge in [0.05, 0.1) is 12.3 Å². The fourth-order valence-corrected chi connectivity index (χ4v) is 1.86. The Kier molecular flexibility index (Phi) is 5.22. The third kappa shape index (κ3) is 4.49. The SMILES string of the molecule is CCNc1ncc(Cl)c(Nc2ccc(OC(C)C)cc2)n1. The fraction of sp³-hybridized carbons (Fsp3) is 0.333. The minimum atomic E-state index is 0.155. The van der Waals surface area contributed by atoms with E-state index in [2.05, 4.69) is 20.6 Å². The Morgan fingerprint density at radius 3 is 2.57 bits per heavy atom. The maximum Gasteiger partial charge on any atom is 0.224 e. The van der Waals surface area contributed by atoms with Gasteiger partial charge in [0, 0.05) is 12.2 Å². The maximum atomic E-state index is 6.11. The average Bonchev–Trinajstić information content (AvgIpc) is 2.44. The molecule has 0 spiro atoms. The molecule has 0 fully saturated rings. The van der Waals surface area contributed by atoms with Crippen LogP contribution < -0.4 is 15.4 Å². The molecule has 0 saturated carbocycles. The monoisotopic (exact) mass is 306 g/mol. The van der Waals surface area contributed by atoms with Gasteiger partial charge in [0.1, 0.15) is 10.8 Å². The second-order valence-corrected chi connectivity index (χ2v) is 5.14. The van der Waals surface area contributed by atoms with Crippen LogP contribution in [0, 0.1) is 0 Å². The molecular weight excluding hydrogens is 288 g/mol. The lowest BCUT2D eigenvalue weighted by Gasteiger charge is -2.12. The van der Waals surface area contributed by atoms with Crippen LogP contribution in [-0.2, 0) is 0 Å². The highest BCUT2D eigenvalue weighted by Crippen LogP contribution is 2.25. The lowest BCUT2D eigenvalue weighted by Crippen LogP contribution is -2.06. The van der Waals surface area contributed by atoms with Crippen molar-refractivity contribution in [3.05, 3.63) is 35.5 Å². The van der Waals surface area contributed by atoms with Crippen LogP contribution in [0.15, 0.2) is 30.5 Å². The average molecular weight is 307 g/mol. The zero-order valence-corrected chi connectivity index (χ0v) is 13.1. The first-order chi connectivity index (χ1) is 10.1. The van der Waals surface area contributed by atoms with Gasteiger partial charge in [-0.2, -0.15) is 4.98 Å². The van der Waals surface area contributed by atoms with E-state index >= 15 is 0 Å². The molecule has 1 aromatic carbocycles. The molecule has 0 aliphatic carbocycles. The van der Waals surface area contributed by atoms with Gasteiger partial charge in [-0.3, -0.25) is 0 Å².